The van der Waals surface area contributed by atoms with Crippen molar-refractivity contribution in [1.29, 1.82) is 0 Å². The number of ketones is 1. The second-order valence-electron chi connectivity index (χ2n) is 6.09. The van der Waals surface area contributed by atoms with E-state index in [0.29, 0.717) is 0 Å². The lowest BCUT2D eigenvalue weighted by atomic mass is 9.75. The van der Waals surface area contributed by atoms with Gasteiger partial charge in [0.25, 0.3) is 0 Å². The highest BCUT2D eigenvalue weighted by molar-refractivity contribution is 6.05. The first kappa shape index (κ1) is 12.2. The summed E-state index contributed by atoms with van der Waals surface area (Å²) in [5.41, 5.74) is 4.50. The number of nitrogens with one attached hydrogen (secondary N) is 1. The fraction of sp³-hybridized carbons (Fsp3) is 0.353. The van der Waals surface area contributed by atoms with Crippen LogP contribution in [0.3, 0.4) is 0 Å². The van der Waals surface area contributed by atoms with Gasteiger partial charge in [-0.2, -0.15) is 0 Å². The van der Waals surface area contributed by atoms with Gasteiger partial charge in [0.05, 0.1) is 0 Å². The summed E-state index contributed by atoms with van der Waals surface area (Å²) in [7, 11) is 0. The van der Waals surface area contributed by atoms with Crippen molar-refractivity contribution in [3.05, 3.63) is 41.6 Å². The van der Waals surface area contributed by atoms with Gasteiger partial charge < -0.3 is 4.98 Å². The van der Waals surface area contributed by atoms with E-state index in [-0.39, 0.29) is 11.2 Å². The van der Waals surface area contributed by atoms with Gasteiger partial charge in [-0.25, -0.2) is 0 Å². The third kappa shape index (κ3) is 1.92. The molecule has 0 amide bonds. The Bertz CT molecular complexity index is 688. The maximum atomic E-state index is 12.2. The Labute approximate surface area is 113 Å². The molecule has 2 heteroatoms. The van der Waals surface area contributed by atoms with Crippen LogP contribution >= 0.6 is 0 Å². The minimum atomic E-state index is -0.205. The predicted molar refractivity (Wildman–Crippen MR) is 79.0 cm³/mol. The number of aromatic amines is 1. The molecule has 1 aromatic carbocycles. The minimum absolute atomic E-state index is 0.205. The summed E-state index contributed by atoms with van der Waals surface area (Å²) >= 11 is 0. The molecule has 19 heavy (non-hydrogen) atoms. The Morgan fingerprint density at radius 3 is 2.68 bits per heavy atom. The molecule has 0 saturated carbocycles. The molecule has 0 radical (unpaired) electrons. The summed E-state index contributed by atoms with van der Waals surface area (Å²) in [5.74, 6) is 0.249. The summed E-state index contributed by atoms with van der Waals surface area (Å²) in [6.45, 7) is 6.15. The molecule has 1 aliphatic carbocycles. The Kier molecular flexibility index (Phi) is 2.63. The summed E-state index contributed by atoms with van der Waals surface area (Å²) in [6, 6.07) is 8.29. The van der Waals surface area contributed by atoms with Crippen LogP contribution in [0.2, 0.25) is 0 Å². The van der Waals surface area contributed by atoms with Crippen molar-refractivity contribution in [2.45, 2.75) is 33.6 Å². The summed E-state index contributed by atoms with van der Waals surface area (Å²) in [4.78, 5) is 15.6. The van der Waals surface area contributed by atoms with Gasteiger partial charge in [-0.3, -0.25) is 4.79 Å². The number of carbonyl (C=O) groups excluding carboxylic acids is 1. The first-order valence-electron chi connectivity index (χ1n) is 6.82. The zero-order valence-electron chi connectivity index (χ0n) is 11.7. The number of hydrogen-bond acceptors (Lipinski definition) is 1. The van der Waals surface area contributed by atoms with E-state index in [9.17, 15) is 4.79 Å². The molecule has 0 spiro atoms. The number of para-hydroxylation sites is 1. The molecule has 0 unspecified atom stereocenters. The molecule has 3 rings (SSSR count). The molecule has 98 valence electrons. The molecular weight excluding hydrogens is 234 g/mol. The van der Waals surface area contributed by atoms with Crippen molar-refractivity contribution in [2.75, 3.05) is 0 Å². The minimum Gasteiger partial charge on any atom is -0.358 e. The Morgan fingerprint density at radius 1 is 1.21 bits per heavy atom. The fourth-order valence-electron chi connectivity index (χ4n) is 2.88. The maximum Gasteiger partial charge on any atom is 0.161 e. The number of aromatic nitrogens is 1. The van der Waals surface area contributed by atoms with Crippen LogP contribution in [0.15, 0.2) is 30.3 Å². The Morgan fingerprint density at radius 2 is 1.95 bits per heavy atom. The molecule has 2 aromatic rings. The zero-order chi connectivity index (χ0) is 13.6. The van der Waals surface area contributed by atoms with Gasteiger partial charge in [-0.15, -0.1) is 0 Å². The van der Waals surface area contributed by atoms with Gasteiger partial charge in [-0.1, -0.05) is 32.0 Å². The van der Waals surface area contributed by atoms with Gasteiger partial charge >= 0.3 is 0 Å². The van der Waals surface area contributed by atoms with E-state index in [4.69, 9.17) is 0 Å². The SMILES string of the molecule is Cc1[nH]c2ccccc2c1C1=CC(=O)C(C)(C)CC1. The van der Waals surface area contributed by atoms with Gasteiger partial charge in [0.2, 0.25) is 0 Å². The van der Waals surface area contributed by atoms with Crippen LogP contribution in [0, 0.1) is 12.3 Å². The van der Waals surface area contributed by atoms with Crippen molar-refractivity contribution in [2.24, 2.45) is 5.41 Å². The average Bonchev–Trinajstić information content (AvgIpc) is 2.69. The van der Waals surface area contributed by atoms with Crippen LogP contribution in [-0.4, -0.2) is 10.8 Å². The molecule has 1 aliphatic rings. The number of aryl methyl sites for hydroxylation is 1. The molecule has 0 atom stereocenters. The molecular formula is C17H19NO. The third-order valence-corrected chi connectivity index (χ3v) is 4.21. The summed E-state index contributed by atoms with van der Waals surface area (Å²) < 4.78 is 0. The van der Waals surface area contributed by atoms with Crippen molar-refractivity contribution in [3.8, 4) is 0 Å². The molecule has 0 aliphatic heterocycles. The monoisotopic (exact) mass is 253 g/mol. The van der Waals surface area contributed by atoms with Gasteiger partial charge in [0.1, 0.15) is 0 Å². The molecule has 1 aromatic heterocycles. The second kappa shape index (κ2) is 4.09. The first-order chi connectivity index (χ1) is 8.99. The summed E-state index contributed by atoms with van der Waals surface area (Å²) in [5, 5.41) is 1.22. The summed E-state index contributed by atoms with van der Waals surface area (Å²) in [6.07, 6.45) is 3.75. The quantitative estimate of drug-likeness (QED) is 0.809. The van der Waals surface area contributed by atoms with E-state index in [1.165, 1.54) is 16.5 Å². The van der Waals surface area contributed by atoms with Crippen molar-refractivity contribution < 1.29 is 4.79 Å². The predicted octanol–water partition coefficient (Wildman–Crippen LogP) is 4.25. The highest BCUT2D eigenvalue weighted by Gasteiger charge is 2.31. The first-order valence-corrected chi connectivity index (χ1v) is 6.82. The van der Waals surface area contributed by atoms with Crippen LogP contribution in [0.4, 0.5) is 0 Å². The van der Waals surface area contributed by atoms with E-state index >= 15 is 0 Å². The number of benzene rings is 1. The highest BCUT2D eigenvalue weighted by atomic mass is 16.1. The molecule has 1 N–H and O–H groups in total. The maximum absolute atomic E-state index is 12.2. The van der Waals surface area contributed by atoms with E-state index in [2.05, 4.69) is 24.0 Å². The molecule has 0 fully saturated rings. The normalized spacial score (nSPS) is 18.7. The number of carbonyl (C=O) groups is 1. The number of rotatable bonds is 1. The fourth-order valence-corrected chi connectivity index (χ4v) is 2.88. The topological polar surface area (TPSA) is 32.9 Å². The standard InChI is InChI=1S/C17H19NO/c1-11-16(13-6-4-5-7-14(13)18-11)12-8-9-17(2,3)15(19)10-12/h4-7,10,18H,8-9H2,1-3H3. The van der Waals surface area contributed by atoms with Crippen LogP contribution in [-0.2, 0) is 4.79 Å². The van der Waals surface area contributed by atoms with Crippen LogP contribution < -0.4 is 0 Å². The van der Waals surface area contributed by atoms with Crippen LogP contribution in [0.1, 0.15) is 37.9 Å². The average molecular weight is 253 g/mol. The Hall–Kier alpha value is -1.83. The van der Waals surface area contributed by atoms with Gasteiger partial charge in [0, 0.05) is 27.6 Å². The van der Waals surface area contributed by atoms with Crippen LogP contribution in [0.25, 0.3) is 16.5 Å². The van der Waals surface area contributed by atoms with E-state index in [1.807, 2.05) is 32.1 Å². The second-order valence-corrected chi connectivity index (χ2v) is 6.09. The molecule has 1 heterocycles. The van der Waals surface area contributed by atoms with E-state index in [1.54, 1.807) is 0 Å². The number of H-pyrrole nitrogens is 1. The van der Waals surface area contributed by atoms with Gasteiger partial charge in [0.15, 0.2) is 5.78 Å². The van der Waals surface area contributed by atoms with Crippen molar-refractivity contribution in [1.82, 2.24) is 4.98 Å². The van der Waals surface area contributed by atoms with Crippen molar-refractivity contribution >= 4 is 22.3 Å². The van der Waals surface area contributed by atoms with Crippen LogP contribution in [0.5, 0.6) is 0 Å². The zero-order valence-corrected chi connectivity index (χ0v) is 11.7. The number of hydrogen-bond donors (Lipinski definition) is 1. The highest BCUT2D eigenvalue weighted by Crippen LogP contribution is 2.39. The Balaban J connectivity index is 2.16. The number of allylic oxidation sites excluding steroid dienone is 2. The lowest BCUT2D eigenvalue weighted by Gasteiger charge is -2.27. The lowest BCUT2D eigenvalue weighted by molar-refractivity contribution is -0.122. The van der Waals surface area contributed by atoms with Crippen molar-refractivity contribution in [3.63, 3.8) is 0 Å². The molecule has 0 bridgehead atoms. The third-order valence-electron chi connectivity index (χ3n) is 4.21. The molecule has 2 nitrogen and oxygen atoms in total. The largest absolute Gasteiger partial charge is 0.358 e. The van der Waals surface area contributed by atoms with E-state index < -0.39 is 0 Å². The van der Waals surface area contributed by atoms with Gasteiger partial charge in [-0.05, 0) is 37.5 Å². The smallest absolute Gasteiger partial charge is 0.161 e. The van der Waals surface area contributed by atoms with E-state index in [0.717, 1.165) is 24.1 Å². The lowest BCUT2D eigenvalue weighted by Crippen LogP contribution is -2.25. The number of fused-ring (bicyclic) bond motifs is 1. The molecule has 0 saturated heterocycles.